The normalized spacial score (nSPS) is 20.5. The number of ketones is 2. The Morgan fingerprint density at radius 3 is 2.48 bits per heavy atom. The number of para-hydroxylation sites is 1. The van der Waals surface area contributed by atoms with Crippen molar-refractivity contribution in [2.75, 3.05) is 0 Å². The Morgan fingerprint density at radius 2 is 1.76 bits per heavy atom. The summed E-state index contributed by atoms with van der Waals surface area (Å²) in [6, 6.07) is 17.7. The van der Waals surface area contributed by atoms with Gasteiger partial charge >= 0.3 is 0 Å². The second kappa shape index (κ2) is 7.64. The van der Waals surface area contributed by atoms with Crippen LogP contribution in [0.25, 0.3) is 0 Å². The van der Waals surface area contributed by atoms with Crippen molar-refractivity contribution in [3.63, 3.8) is 0 Å². The molecule has 1 aliphatic heterocycles. The average molecular weight is 336 g/mol. The molecule has 1 aliphatic rings. The SMILES string of the molecule is CC(=O)CCC1C(=O)c2ccccc2OC1CC(C)c1ccccc1. The number of benzene rings is 2. The molecule has 0 aromatic heterocycles. The number of rotatable bonds is 6. The molecule has 3 atom stereocenters. The van der Waals surface area contributed by atoms with Gasteiger partial charge in [-0.05, 0) is 43.4 Å². The molecule has 0 aliphatic carbocycles. The number of fused-ring (bicyclic) bond motifs is 1. The van der Waals surface area contributed by atoms with Gasteiger partial charge in [0.1, 0.15) is 17.6 Å². The van der Waals surface area contributed by atoms with Crippen LogP contribution in [0.5, 0.6) is 5.75 Å². The van der Waals surface area contributed by atoms with Crippen molar-refractivity contribution < 1.29 is 14.3 Å². The second-order valence-electron chi connectivity index (χ2n) is 6.91. The van der Waals surface area contributed by atoms with Crippen LogP contribution in [0.4, 0.5) is 0 Å². The molecular formula is C22H24O3. The molecule has 25 heavy (non-hydrogen) atoms. The Bertz CT molecular complexity index is 751. The maximum atomic E-state index is 13.0. The van der Waals surface area contributed by atoms with Gasteiger partial charge < -0.3 is 9.53 Å². The molecule has 0 saturated carbocycles. The van der Waals surface area contributed by atoms with Crippen molar-refractivity contribution >= 4 is 11.6 Å². The Balaban J connectivity index is 1.83. The third kappa shape index (κ3) is 3.98. The maximum Gasteiger partial charge on any atom is 0.173 e. The van der Waals surface area contributed by atoms with Crippen LogP contribution in [0, 0.1) is 5.92 Å². The summed E-state index contributed by atoms with van der Waals surface area (Å²) < 4.78 is 6.21. The lowest BCUT2D eigenvalue weighted by atomic mass is 9.81. The molecule has 0 saturated heterocycles. The third-order valence-corrected chi connectivity index (χ3v) is 4.98. The van der Waals surface area contributed by atoms with Gasteiger partial charge in [0.25, 0.3) is 0 Å². The van der Waals surface area contributed by atoms with Crippen LogP contribution in [0.15, 0.2) is 54.6 Å². The van der Waals surface area contributed by atoms with Crippen molar-refractivity contribution in [3.05, 3.63) is 65.7 Å². The monoisotopic (exact) mass is 336 g/mol. The van der Waals surface area contributed by atoms with E-state index in [4.69, 9.17) is 4.74 Å². The van der Waals surface area contributed by atoms with Crippen LogP contribution in [-0.2, 0) is 4.79 Å². The van der Waals surface area contributed by atoms with E-state index < -0.39 is 0 Å². The molecule has 0 N–H and O–H groups in total. The lowest BCUT2D eigenvalue weighted by Gasteiger charge is -2.34. The number of carbonyl (C=O) groups excluding carboxylic acids is 2. The molecule has 130 valence electrons. The molecule has 0 bridgehead atoms. The predicted molar refractivity (Wildman–Crippen MR) is 98.1 cm³/mol. The summed E-state index contributed by atoms with van der Waals surface area (Å²) in [4.78, 5) is 24.4. The van der Waals surface area contributed by atoms with Gasteiger partial charge in [-0.1, -0.05) is 49.4 Å². The van der Waals surface area contributed by atoms with E-state index in [0.717, 1.165) is 6.42 Å². The number of hydrogen-bond donors (Lipinski definition) is 0. The first kappa shape index (κ1) is 17.4. The molecule has 3 unspecified atom stereocenters. The fraction of sp³-hybridized carbons (Fsp3) is 0.364. The Hall–Kier alpha value is -2.42. The first-order chi connectivity index (χ1) is 12.1. The molecule has 2 aromatic rings. The lowest BCUT2D eigenvalue weighted by Crippen LogP contribution is -2.38. The minimum Gasteiger partial charge on any atom is -0.489 e. The standard InChI is InChI=1S/C22H24O3/c1-15(17-8-4-3-5-9-17)14-21-19(13-12-16(2)23)22(24)18-10-6-7-11-20(18)25-21/h3-11,15,19,21H,12-14H2,1-2H3. The van der Waals surface area contributed by atoms with E-state index in [-0.39, 0.29) is 29.5 Å². The fourth-order valence-electron chi connectivity index (χ4n) is 3.54. The van der Waals surface area contributed by atoms with Crippen molar-refractivity contribution in [2.24, 2.45) is 5.92 Å². The summed E-state index contributed by atoms with van der Waals surface area (Å²) in [6.07, 6.45) is 1.52. The van der Waals surface area contributed by atoms with Crippen molar-refractivity contribution in [2.45, 2.75) is 45.1 Å². The summed E-state index contributed by atoms with van der Waals surface area (Å²) in [5.74, 6) is 0.903. The minimum absolute atomic E-state index is 0.105. The van der Waals surface area contributed by atoms with E-state index in [0.29, 0.717) is 24.2 Å². The van der Waals surface area contributed by atoms with Crippen LogP contribution < -0.4 is 4.74 Å². The molecule has 1 heterocycles. The van der Waals surface area contributed by atoms with Crippen LogP contribution in [-0.4, -0.2) is 17.7 Å². The summed E-state index contributed by atoms with van der Waals surface area (Å²) in [6.45, 7) is 3.73. The van der Waals surface area contributed by atoms with Crippen molar-refractivity contribution in [1.82, 2.24) is 0 Å². The molecule has 2 aromatic carbocycles. The zero-order valence-electron chi connectivity index (χ0n) is 14.8. The van der Waals surface area contributed by atoms with Crippen LogP contribution in [0.1, 0.15) is 54.9 Å². The Labute approximate surface area is 149 Å². The number of Topliss-reactive ketones (excluding diaryl/α,β-unsaturated/α-hetero) is 2. The molecule has 0 radical (unpaired) electrons. The first-order valence-corrected chi connectivity index (χ1v) is 8.90. The smallest absolute Gasteiger partial charge is 0.173 e. The summed E-state index contributed by atoms with van der Waals surface area (Å²) in [5.41, 5.74) is 1.88. The van der Waals surface area contributed by atoms with E-state index in [1.54, 1.807) is 6.92 Å². The van der Waals surface area contributed by atoms with Crippen molar-refractivity contribution in [1.29, 1.82) is 0 Å². The molecule has 0 amide bonds. The van der Waals surface area contributed by atoms with E-state index in [9.17, 15) is 9.59 Å². The topological polar surface area (TPSA) is 43.4 Å². The molecule has 3 rings (SSSR count). The molecule has 0 fully saturated rings. The highest BCUT2D eigenvalue weighted by atomic mass is 16.5. The molecule has 3 heteroatoms. The zero-order valence-corrected chi connectivity index (χ0v) is 14.8. The highest BCUT2D eigenvalue weighted by Crippen LogP contribution is 2.37. The predicted octanol–water partition coefficient (Wildman–Crippen LogP) is 4.81. The van der Waals surface area contributed by atoms with Crippen molar-refractivity contribution in [3.8, 4) is 5.75 Å². The minimum atomic E-state index is -0.259. The van der Waals surface area contributed by atoms with E-state index in [2.05, 4.69) is 19.1 Å². The molecular weight excluding hydrogens is 312 g/mol. The third-order valence-electron chi connectivity index (χ3n) is 4.98. The highest BCUT2D eigenvalue weighted by Gasteiger charge is 2.37. The first-order valence-electron chi connectivity index (χ1n) is 8.90. The van der Waals surface area contributed by atoms with E-state index in [1.807, 2.05) is 42.5 Å². The van der Waals surface area contributed by atoms with Gasteiger partial charge in [-0.25, -0.2) is 0 Å². The summed E-state index contributed by atoms with van der Waals surface area (Å²) in [5, 5.41) is 0. The Kier molecular flexibility index (Phi) is 5.32. The quantitative estimate of drug-likeness (QED) is 0.760. The molecule has 0 spiro atoms. The van der Waals surface area contributed by atoms with Gasteiger partial charge in [0, 0.05) is 6.42 Å². The number of ether oxygens (including phenoxy) is 1. The van der Waals surface area contributed by atoms with Gasteiger partial charge in [0.2, 0.25) is 0 Å². The Morgan fingerprint density at radius 1 is 1.08 bits per heavy atom. The average Bonchev–Trinajstić information content (AvgIpc) is 2.62. The lowest BCUT2D eigenvalue weighted by molar-refractivity contribution is -0.117. The fourth-order valence-corrected chi connectivity index (χ4v) is 3.54. The highest BCUT2D eigenvalue weighted by molar-refractivity contribution is 6.01. The van der Waals surface area contributed by atoms with Gasteiger partial charge in [0.05, 0.1) is 11.5 Å². The van der Waals surface area contributed by atoms with E-state index in [1.165, 1.54) is 5.56 Å². The van der Waals surface area contributed by atoms with E-state index >= 15 is 0 Å². The molecule has 3 nitrogen and oxygen atoms in total. The van der Waals surface area contributed by atoms with Gasteiger partial charge in [0.15, 0.2) is 5.78 Å². The summed E-state index contributed by atoms with van der Waals surface area (Å²) >= 11 is 0. The zero-order chi connectivity index (χ0) is 17.8. The summed E-state index contributed by atoms with van der Waals surface area (Å²) in [7, 11) is 0. The maximum absolute atomic E-state index is 13.0. The van der Waals surface area contributed by atoms with Crippen LogP contribution >= 0.6 is 0 Å². The largest absolute Gasteiger partial charge is 0.489 e. The van der Waals surface area contributed by atoms with Gasteiger partial charge in [-0.2, -0.15) is 0 Å². The van der Waals surface area contributed by atoms with Crippen LogP contribution in [0.2, 0.25) is 0 Å². The second-order valence-corrected chi connectivity index (χ2v) is 6.91. The van der Waals surface area contributed by atoms with Gasteiger partial charge in [-0.3, -0.25) is 4.79 Å². The van der Waals surface area contributed by atoms with Crippen LogP contribution in [0.3, 0.4) is 0 Å². The van der Waals surface area contributed by atoms with Gasteiger partial charge in [-0.15, -0.1) is 0 Å². The number of hydrogen-bond acceptors (Lipinski definition) is 3. The number of carbonyl (C=O) groups is 2.